The van der Waals surface area contributed by atoms with Crippen LogP contribution in [0, 0.1) is 5.92 Å². The summed E-state index contributed by atoms with van der Waals surface area (Å²) in [5.74, 6) is 1.75. The van der Waals surface area contributed by atoms with E-state index >= 15 is 0 Å². The third-order valence-electron chi connectivity index (χ3n) is 7.33. The first-order valence-corrected chi connectivity index (χ1v) is 11.8. The summed E-state index contributed by atoms with van der Waals surface area (Å²) in [5, 5.41) is 0. The van der Waals surface area contributed by atoms with Crippen LogP contribution in [0.25, 0.3) is 0 Å². The van der Waals surface area contributed by atoms with Crippen LogP contribution in [0.4, 0.5) is 0 Å². The SMILES string of the molecule is CN1CC[C@@H](COCc2ccccn2)CC12CN(C(=O)Cc1ccc3c(c1)CCCO3)C2. The lowest BCUT2D eigenvalue weighted by Gasteiger charge is -2.58. The Morgan fingerprint density at radius 2 is 2.19 bits per heavy atom. The van der Waals surface area contributed by atoms with Crippen molar-refractivity contribution in [3.63, 3.8) is 0 Å². The number of aryl methyl sites for hydroxylation is 1. The van der Waals surface area contributed by atoms with E-state index < -0.39 is 0 Å². The summed E-state index contributed by atoms with van der Waals surface area (Å²) >= 11 is 0. The smallest absolute Gasteiger partial charge is 0.227 e. The van der Waals surface area contributed by atoms with E-state index in [0.29, 0.717) is 18.9 Å². The number of amides is 1. The highest BCUT2D eigenvalue weighted by Gasteiger charge is 2.50. The number of nitrogens with zero attached hydrogens (tertiary/aromatic N) is 3. The molecule has 0 bridgehead atoms. The van der Waals surface area contributed by atoms with Gasteiger partial charge in [0, 0.05) is 19.3 Å². The standard InChI is InChI=1S/C26H33N3O3/c1-28-11-9-21(16-31-17-23-6-2-3-10-27-23)15-26(28)18-29(19-26)25(30)14-20-7-8-24-22(13-20)5-4-12-32-24/h2-3,6-8,10,13,21H,4-5,9,11-12,14-19H2,1H3/t21-/m1/s1. The molecule has 4 heterocycles. The zero-order valence-corrected chi connectivity index (χ0v) is 19.0. The predicted molar refractivity (Wildman–Crippen MR) is 123 cm³/mol. The second-order valence-electron chi connectivity index (χ2n) is 9.66. The summed E-state index contributed by atoms with van der Waals surface area (Å²) < 4.78 is 11.7. The van der Waals surface area contributed by atoms with E-state index in [4.69, 9.17) is 9.47 Å². The average Bonchev–Trinajstić information content (AvgIpc) is 2.79. The normalized spacial score (nSPS) is 22.2. The van der Waals surface area contributed by atoms with Crippen LogP contribution >= 0.6 is 0 Å². The largest absolute Gasteiger partial charge is 0.493 e. The number of pyridine rings is 1. The Morgan fingerprint density at radius 3 is 3.03 bits per heavy atom. The minimum atomic E-state index is 0.108. The Balaban J connectivity index is 1.12. The molecule has 3 aliphatic rings. The number of hydrogen-bond acceptors (Lipinski definition) is 5. The number of hydrogen-bond donors (Lipinski definition) is 0. The molecule has 0 saturated carbocycles. The van der Waals surface area contributed by atoms with E-state index in [1.54, 1.807) is 6.20 Å². The van der Waals surface area contributed by atoms with E-state index in [9.17, 15) is 4.79 Å². The summed E-state index contributed by atoms with van der Waals surface area (Å²) in [5.41, 5.74) is 3.42. The molecule has 5 rings (SSSR count). The number of ether oxygens (including phenoxy) is 2. The van der Waals surface area contributed by atoms with Gasteiger partial charge in [0.05, 0.1) is 37.5 Å². The monoisotopic (exact) mass is 435 g/mol. The van der Waals surface area contributed by atoms with Crippen LogP contribution in [0.5, 0.6) is 5.75 Å². The maximum atomic E-state index is 13.0. The molecule has 2 fully saturated rings. The van der Waals surface area contributed by atoms with Gasteiger partial charge in [-0.1, -0.05) is 18.2 Å². The molecule has 0 N–H and O–H groups in total. The van der Waals surface area contributed by atoms with Crippen LogP contribution in [0.3, 0.4) is 0 Å². The third kappa shape index (κ3) is 4.52. The highest BCUT2D eigenvalue weighted by atomic mass is 16.5. The van der Waals surface area contributed by atoms with Crippen LogP contribution in [0.2, 0.25) is 0 Å². The van der Waals surface area contributed by atoms with Crippen molar-refractivity contribution in [1.29, 1.82) is 0 Å². The fraction of sp³-hybridized carbons (Fsp3) is 0.538. The van der Waals surface area contributed by atoms with E-state index in [1.165, 1.54) is 5.56 Å². The molecule has 2 saturated heterocycles. The van der Waals surface area contributed by atoms with E-state index in [2.05, 4.69) is 23.0 Å². The minimum Gasteiger partial charge on any atom is -0.493 e. The van der Waals surface area contributed by atoms with Crippen molar-refractivity contribution >= 4 is 5.91 Å². The maximum Gasteiger partial charge on any atom is 0.227 e. The number of likely N-dealkylation sites (N-methyl/N-ethyl adjacent to an activating group) is 1. The van der Waals surface area contributed by atoms with Gasteiger partial charge in [-0.25, -0.2) is 0 Å². The van der Waals surface area contributed by atoms with Gasteiger partial charge in [0.15, 0.2) is 0 Å². The number of carbonyl (C=O) groups is 1. The van der Waals surface area contributed by atoms with E-state index in [0.717, 1.165) is 75.5 Å². The van der Waals surface area contributed by atoms with Gasteiger partial charge in [-0.15, -0.1) is 0 Å². The van der Waals surface area contributed by atoms with Crippen molar-refractivity contribution < 1.29 is 14.3 Å². The Morgan fingerprint density at radius 1 is 1.28 bits per heavy atom. The molecule has 0 aliphatic carbocycles. The third-order valence-corrected chi connectivity index (χ3v) is 7.33. The van der Waals surface area contributed by atoms with E-state index in [1.807, 2.05) is 35.2 Å². The molecule has 0 radical (unpaired) electrons. The van der Waals surface area contributed by atoms with Crippen molar-refractivity contribution in [2.24, 2.45) is 5.92 Å². The van der Waals surface area contributed by atoms with Crippen molar-refractivity contribution in [2.75, 3.05) is 39.9 Å². The van der Waals surface area contributed by atoms with Gasteiger partial charge in [0.25, 0.3) is 0 Å². The number of piperidine rings is 1. The number of fused-ring (bicyclic) bond motifs is 1. The average molecular weight is 436 g/mol. The zero-order chi connectivity index (χ0) is 22.0. The second-order valence-corrected chi connectivity index (χ2v) is 9.66. The van der Waals surface area contributed by atoms with Crippen molar-refractivity contribution in [3.8, 4) is 5.75 Å². The first-order chi connectivity index (χ1) is 15.6. The molecule has 1 aromatic heterocycles. The molecule has 6 nitrogen and oxygen atoms in total. The Bertz CT molecular complexity index is 943. The van der Waals surface area contributed by atoms with Gasteiger partial charge in [0.1, 0.15) is 5.75 Å². The van der Waals surface area contributed by atoms with Gasteiger partial charge >= 0.3 is 0 Å². The number of carbonyl (C=O) groups excluding carboxylic acids is 1. The van der Waals surface area contributed by atoms with Crippen molar-refractivity contribution in [1.82, 2.24) is 14.8 Å². The number of rotatable bonds is 6. The lowest BCUT2D eigenvalue weighted by atomic mass is 9.75. The van der Waals surface area contributed by atoms with Gasteiger partial charge in [-0.2, -0.15) is 0 Å². The van der Waals surface area contributed by atoms with Crippen LogP contribution in [0.1, 0.15) is 36.1 Å². The maximum absolute atomic E-state index is 13.0. The van der Waals surface area contributed by atoms with Gasteiger partial charge in [-0.05, 0) is 74.5 Å². The van der Waals surface area contributed by atoms with Crippen LogP contribution in [-0.2, 0) is 29.0 Å². The lowest BCUT2D eigenvalue weighted by Crippen LogP contribution is -2.72. The first kappa shape index (κ1) is 21.4. The quantitative estimate of drug-likeness (QED) is 0.698. The fourth-order valence-electron chi connectivity index (χ4n) is 5.39. The number of likely N-dealkylation sites (tertiary alicyclic amines) is 2. The Labute approximate surface area is 190 Å². The molecule has 1 aromatic carbocycles. The Hall–Kier alpha value is -2.44. The summed E-state index contributed by atoms with van der Waals surface area (Å²) in [7, 11) is 2.20. The predicted octanol–water partition coefficient (Wildman–Crippen LogP) is 3.09. The molecule has 32 heavy (non-hydrogen) atoms. The van der Waals surface area contributed by atoms with Crippen LogP contribution in [-0.4, -0.2) is 66.1 Å². The zero-order valence-electron chi connectivity index (χ0n) is 19.0. The summed E-state index contributed by atoms with van der Waals surface area (Å²) in [6, 6.07) is 12.1. The number of benzene rings is 1. The van der Waals surface area contributed by atoms with Crippen molar-refractivity contribution in [2.45, 2.75) is 44.2 Å². The molecule has 1 spiro atoms. The fourth-order valence-corrected chi connectivity index (χ4v) is 5.39. The lowest BCUT2D eigenvalue weighted by molar-refractivity contribution is -0.150. The topological polar surface area (TPSA) is 54.9 Å². The van der Waals surface area contributed by atoms with Gasteiger partial charge in [0.2, 0.25) is 5.91 Å². The second kappa shape index (κ2) is 9.20. The molecular formula is C26H33N3O3. The molecule has 0 unspecified atom stereocenters. The van der Waals surface area contributed by atoms with Gasteiger partial charge < -0.3 is 14.4 Å². The molecule has 2 aromatic rings. The summed E-state index contributed by atoms with van der Waals surface area (Å²) in [6.07, 6.45) is 6.61. The van der Waals surface area contributed by atoms with Crippen molar-refractivity contribution in [3.05, 3.63) is 59.4 Å². The van der Waals surface area contributed by atoms with Crippen LogP contribution in [0.15, 0.2) is 42.6 Å². The first-order valence-electron chi connectivity index (χ1n) is 11.8. The summed E-state index contributed by atoms with van der Waals surface area (Å²) in [4.78, 5) is 21.8. The van der Waals surface area contributed by atoms with Gasteiger partial charge in [-0.3, -0.25) is 14.7 Å². The summed E-state index contributed by atoms with van der Waals surface area (Å²) in [6.45, 7) is 4.84. The minimum absolute atomic E-state index is 0.108. The van der Waals surface area contributed by atoms with Crippen LogP contribution < -0.4 is 4.74 Å². The Kier molecular flexibility index (Phi) is 6.15. The molecular weight excluding hydrogens is 402 g/mol. The highest BCUT2D eigenvalue weighted by Crippen LogP contribution is 2.38. The molecule has 6 heteroatoms. The number of aromatic nitrogens is 1. The highest BCUT2D eigenvalue weighted by molar-refractivity contribution is 5.80. The molecule has 3 aliphatic heterocycles. The molecule has 1 amide bonds. The molecule has 170 valence electrons. The molecule has 1 atom stereocenters. The van der Waals surface area contributed by atoms with E-state index in [-0.39, 0.29) is 11.4 Å².